The molecular formula is C31H37NO10. The van der Waals surface area contributed by atoms with Crippen LogP contribution in [0.1, 0.15) is 96.0 Å². The first-order valence-corrected chi connectivity index (χ1v) is 14.2. The number of nitrogens with one attached hydrogen (secondary N) is 1. The van der Waals surface area contributed by atoms with E-state index in [2.05, 4.69) is 5.32 Å². The quantitative estimate of drug-likeness (QED) is 0.259. The Morgan fingerprint density at radius 2 is 1.83 bits per heavy atom. The third-order valence-corrected chi connectivity index (χ3v) is 8.49. The average molecular weight is 584 g/mol. The number of methoxy groups -OCH3 is 1. The van der Waals surface area contributed by atoms with Gasteiger partial charge < -0.3 is 40.0 Å². The summed E-state index contributed by atoms with van der Waals surface area (Å²) < 4.78 is 17.5. The fourth-order valence-corrected chi connectivity index (χ4v) is 6.49. The fourth-order valence-electron chi connectivity index (χ4n) is 6.49. The van der Waals surface area contributed by atoms with Crippen molar-refractivity contribution in [2.75, 3.05) is 7.11 Å². The number of ether oxygens (including phenoxy) is 3. The van der Waals surface area contributed by atoms with Crippen molar-refractivity contribution < 1.29 is 49.0 Å². The van der Waals surface area contributed by atoms with E-state index in [-0.39, 0.29) is 53.3 Å². The third kappa shape index (κ3) is 4.79. The number of fused-ring (bicyclic) bond motifs is 3. The van der Waals surface area contributed by atoms with Crippen LogP contribution in [-0.2, 0) is 20.7 Å². The molecule has 5 N–H and O–H groups in total. The molecule has 0 unspecified atom stereocenters. The smallest absolute Gasteiger partial charge is 0.202 e. The molecule has 3 aliphatic rings. The molecule has 2 aliphatic carbocycles. The second-order valence-corrected chi connectivity index (χ2v) is 11.6. The molecule has 11 heteroatoms. The summed E-state index contributed by atoms with van der Waals surface area (Å²) in [5.74, 6) is -2.98. The van der Waals surface area contributed by atoms with Crippen molar-refractivity contribution >= 4 is 17.3 Å². The highest BCUT2D eigenvalue weighted by Gasteiger charge is 2.50. The second-order valence-electron chi connectivity index (χ2n) is 11.6. The summed E-state index contributed by atoms with van der Waals surface area (Å²) in [6.07, 6.45) is -4.10. The number of aliphatic hydroxyl groups excluding tert-OH is 1. The molecule has 0 spiro atoms. The molecule has 1 saturated heterocycles. The molecule has 42 heavy (non-hydrogen) atoms. The maximum Gasteiger partial charge on any atom is 0.202 e. The summed E-state index contributed by atoms with van der Waals surface area (Å²) in [5.41, 5.74) is -2.90. The number of aliphatic hydroxyl groups is 2. The number of carbonyl (C=O) groups is 3. The van der Waals surface area contributed by atoms with Gasteiger partial charge in [-0.25, -0.2) is 0 Å². The van der Waals surface area contributed by atoms with Gasteiger partial charge in [-0.2, -0.15) is 0 Å². The Kier molecular flexibility index (Phi) is 7.92. The van der Waals surface area contributed by atoms with Crippen molar-refractivity contribution in [1.82, 2.24) is 5.32 Å². The van der Waals surface area contributed by atoms with E-state index in [1.807, 2.05) is 13.8 Å². The first kappa shape index (κ1) is 30.1. The second kappa shape index (κ2) is 11.1. The summed E-state index contributed by atoms with van der Waals surface area (Å²) in [5, 5.41) is 48.6. The van der Waals surface area contributed by atoms with E-state index in [0.717, 1.165) is 0 Å². The Balaban J connectivity index is 1.65. The minimum Gasteiger partial charge on any atom is -0.507 e. The van der Waals surface area contributed by atoms with E-state index < -0.39 is 82.6 Å². The summed E-state index contributed by atoms with van der Waals surface area (Å²) >= 11 is 0. The molecule has 226 valence electrons. The van der Waals surface area contributed by atoms with E-state index in [9.17, 15) is 34.8 Å². The SMILES string of the molecule is CCC(=O)[C@]1(O)Cc2c(O)c3c(c(O)c2[C@@H](O[C@H]2C[C@H](NC(C)C)[C@@H](O)[C@H](C)O2)C1)C(=O)c1c(OC)cccc1C3=O. The number of aromatic hydroxyl groups is 2. The van der Waals surface area contributed by atoms with Gasteiger partial charge in [0.15, 0.2) is 17.9 Å². The molecule has 6 atom stereocenters. The lowest BCUT2D eigenvalue weighted by molar-refractivity contribution is -0.250. The number of rotatable bonds is 7. The average Bonchev–Trinajstić information content (AvgIpc) is 2.94. The van der Waals surface area contributed by atoms with Crippen molar-refractivity contribution in [1.29, 1.82) is 0 Å². The van der Waals surface area contributed by atoms with Gasteiger partial charge in [-0.05, 0) is 13.0 Å². The van der Waals surface area contributed by atoms with Crippen LogP contribution in [-0.4, -0.2) is 81.1 Å². The summed E-state index contributed by atoms with van der Waals surface area (Å²) in [7, 11) is 1.35. The molecule has 0 amide bonds. The van der Waals surface area contributed by atoms with Gasteiger partial charge in [0.2, 0.25) is 5.78 Å². The lowest BCUT2D eigenvalue weighted by Gasteiger charge is -2.43. The van der Waals surface area contributed by atoms with Crippen molar-refractivity contribution in [3.63, 3.8) is 0 Å². The number of ketones is 3. The maximum atomic E-state index is 13.8. The van der Waals surface area contributed by atoms with Crippen molar-refractivity contribution in [2.45, 2.75) is 95.7 Å². The molecule has 0 aromatic heterocycles. The zero-order chi connectivity index (χ0) is 30.7. The maximum absolute atomic E-state index is 13.8. The molecule has 5 rings (SSSR count). The monoisotopic (exact) mass is 583 g/mol. The van der Waals surface area contributed by atoms with Crippen LogP contribution < -0.4 is 10.1 Å². The summed E-state index contributed by atoms with van der Waals surface area (Å²) in [4.78, 5) is 40.4. The van der Waals surface area contributed by atoms with E-state index in [4.69, 9.17) is 14.2 Å². The highest BCUT2D eigenvalue weighted by molar-refractivity contribution is 6.31. The topological polar surface area (TPSA) is 172 Å². The zero-order valence-corrected chi connectivity index (χ0v) is 24.3. The Morgan fingerprint density at radius 3 is 2.48 bits per heavy atom. The number of hydrogen-bond donors (Lipinski definition) is 5. The minimum atomic E-state index is -1.98. The van der Waals surface area contributed by atoms with Gasteiger partial charge in [-0.15, -0.1) is 0 Å². The van der Waals surface area contributed by atoms with Gasteiger partial charge in [0.05, 0.1) is 42.1 Å². The Hall–Kier alpha value is -3.35. The van der Waals surface area contributed by atoms with Crippen LogP contribution in [0.4, 0.5) is 0 Å². The number of phenolic OH excluding ortho intramolecular Hbond substituents is 2. The van der Waals surface area contributed by atoms with E-state index in [1.54, 1.807) is 13.8 Å². The third-order valence-electron chi connectivity index (χ3n) is 8.49. The van der Waals surface area contributed by atoms with Crippen LogP contribution >= 0.6 is 0 Å². The first-order valence-electron chi connectivity index (χ1n) is 14.2. The first-order chi connectivity index (χ1) is 19.8. The van der Waals surface area contributed by atoms with E-state index in [0.29, 0.717) is 0 Å². The molecule has 0 bridgehead atoms. The van der Waals surface area contributed by atoms with Crippen LogP contribution in [0.25, 0.3) is 0 Å². The highest BCUT2D eigenvalue weighted by atomic mass is 16.7. The molecule has 0 saturated carbocycles. The highest BCUT2D eigenvalue weighted by Crippen LogP contribution is 2.52. The Labute approximate surface area is 243 Å². The van der Waals surface area contributed by atoms with Crippen LogP contribution in [0.2, 0.25) is 0 Å². The molecule has 0 radical (unpaired) electrons. The van der Waals surface area contributed by atoms with Crippen LogP contribution in [0.5, 0.6) is 17.2 Å². The summed E-state index contributed by atoms with van der Waals surface area (Å²) in [6.45, 7) is 7.16. The van der Waals surface area contributed by atoms with Gasteiger partial charge in [0.25, 0.3) is 0 Å². The van der Waals surface area contributed by atoms with Gasteiger partial charge in [0.1, 0.15) is 22.8 Å². The van der Waals surface area contributed by atoms with Gasteiger partial charge in [-0.3, -0.25) is 14.4 Å². The Morgan fingerprint density at radius 1 is 1.14 bits per heavy atom. The molecule has 1 aliphatic heterocycles. The number of hydrogen-bond acceptors (Lipinski definition) is 11. The molecule has 1 heterocycles. The molecule has 11 nitrogen and oxygen atoms in total. The normalized spacial score (nSPS) is 28.7. The van der Waals surface area contributed by atoms with Gasteiger partial charge in [0, 0.05) is 54.5 Å². The number of Topliss-reactive ketones (excluding diaryl/α,β-unsaturated/α-hetero) is 1. The Bertz CT molecular complexity index is 1450. The number of phenols is 2. The van der Waals surface area contributed by atoms with E-state index >= 15 is 0 Å². The van der Waals surface area contributed by atoms with Gasteiger partial charge in [-0.1, -0.05) is 32.9 Å². The van der Waals surface area contributed by atoms with Crippen molar-refractivity contribution in [3.8, 4) is 17.2 Å². The van der Waals surface area contributed by atoms with Crippen LogP contribution in [0.15, 0.2) is 18.2 Å². The molecule has 2 aromatic rings. The van der Waals surface area contributed by atoms with Crippen molar-refractivity contribution in [3.05, 3.63) is 51.6 Å². The predicted octanol–water partition coefficient (Wildman–Crippen LogP) is 2.46. The van der Waals surface area contributed by atoms with Crippen molar-refractivity contribution in [2.24, 2.45) is 0 Å². The fraction of sp³-hybridized carbons (Fsp3) is 0.516. The standard InChI is InChI=1S/C31H37NO10/c1-6-20(33)31(39)11-16-23(19(12-31)42-21-10-17(32-13(2)3)26(34)14(4)41-21)30(38)25-24(28(16)36)27(35)15-8-7-9-18(40-5)22(15)29(25)37/h7-9,13-14,17,19,21,26,32,34,36,38-39H,6,10-12H2,1-5H3/t14-,17-,19-,21-,26-,31-/m0/s1. The van der Waals surface area contributed by atoms with Crippen LogP contribution in [0, 0.1) is 0 Å². The minimum absolute atomic E-state index is 0.00292. The lowest BCUT2D eigenvalue weighted by Crippen LogP contribution is -2.55. The summed E-state index contributed by atoms with van der Waals surface area (Å²) in [6, 6.07) is 4.14. The predicted molar refractivity (Wildman–Crippen MR) is 149 cm³/mol. The largest absolute Gasteiger partial charge is 0.507 e. The number of benzene rings is 2. The van der Waals surface area contributed by atoms with E-state index in [1.165, 1.54) is 25.3 Å². The molecule has 1 fully saturated rings. The van der Waals surface area contributed by atoms with Gasteiger partial charge >= 0.3 is 0 Å². The molecule has 2 aromatic carbocycles. The number of carbonyl (C=O) groups excluding carboxylic acids is 3. The molecular weight excluding hydrogens is 546 g/mol. The zero-order valence-electron chi connectivity index (χ0n) is 24.3. The lowest BCUT2D eigenvalue weighted by atomic mass is 9.71. The van der Waals surface area contributed by atoms with Crippen LogP contribution in [0.3, 0.4) is 0 Å².